The van der Waals surface area contributed by atoms with E-state index < -0.39 is 5.97 Å². The molecular weight excluding hydrogens is 280 g/mol. The molecule has 5 nitrogen and oxygen atoms in total. The van der Waals surface area contributed by atoms with Crippen LogP contribution in [0.5, 0.6) is 0 Å². The Morgan fingerprint density at radius 3 is 2.27 bits per heavy atom. The maximum Gasteiger partial charge on any atom is 0.326 e. The number of carbonyl (C=O) groups excluding carboxylic acids is 2. The fourth-order valence-electron chi connectivity index (χ4n) is 1.65. The third-order valence-electron chi connectivity index (χ3n) is 3.62. The third-order valence-corrected chi connectivity index (χ3v) is 3.62. The van der Waals surface area contributed by atoms with Crippen molar-refractivity contribution in [2.24, 2.45) is 5.41 Å². The van der Waals surface area contributed by atoms with Gasteiger partial charge in [0.1, 0.15) is 12.6 Å². The highest BCUT2D eigenvalue weighted by Crippen LogP contribution is 2.18. The average Bonchev–Trinajstić information content (AvgIpc) is 2.45. The van der Waals surface area contributed by atoms with Gasteiger partial charge in [-0.2, -0.15) is 0 Å². The van der Waals surface area contributed by atoms with Crippen LogP contribution in [-0.4, -0.2) is 24.6 Å². The van der Waals surface area contributed by atoms with Gasteiger partial charge in [0, 0.05) is 6.04 Å². The van der Waals surface area contributed by atoms with Crippen molar-refractivity contribution >= 4 is 12.0 Å². The van der Waals surface area contributed by atoms with Gasteiger partial charge in [-0.15, -0.1) is 0 Å². The van der Waals surface area contributed by atoms with Crippen LogP contribution in [0.15, 0.2) is 30.3 Å². The zero-order chi connectivity index (χ0) is 16.8. The van der Waals surface area contributed by atoms with Crippen LogP contribution in [0.25, 0.3) is 0 Å². The van der Waals surface area contributed by atoms with Crippen molar-refractivity contribution in [2.75, 3.05) is 6.54 Å². The zero-order valence-electron chi connectivity index (χ0n) is 14.0. The van der Waals surface area contributed by atoms with Crippen LogP contribution in [0.4, 0.5) is 4.79 Å². The van der Waals surface area contributed by atoms with E-state index in [1.807, 2.05) is 58.0 Å². The number of esters is 1. The van der Waals surface area contributed by atoms with Crippen molar-refractivity contribution in [2.45, 2.75) is 46.8 Å². The Hall–Kier alpha value is -2.04. The van der Waals surface area contributed by atoms with E-state index in [4.69, 9.17) is 4.74 Å². The van der Waals surface area contributed by atoms with E-state index in [9.17, 15) is 9.59 Å². The normalized spacial score (nSPS) is 13.9. The lowest BCUT2D eigenvalue weighted by Gasteiger charge is -2.28. The van der Waals surface area contributed by atoms with Crippen molar-refractivity contribution in [3.8, 4) is 0 Å². The summed E-state index contributed by atoms with van der Waals surface area (Å²) in [4.78, 5) is 23.5. The molecular formula is C17H26N2O3. The summed E-state index contributed by atoms with van der Waals surface area (Å²) in [5, 5.41) is 5.32. The van der Waals surface area contributed by atoms with Crippen LogP contribution in [0, 0.1) is 5.41 Å². The number of nitrogens with one attached hydrogen (secondary N) is 2. The molecule has 0 saturated heterocycles. The number of rotatable bonds is 5. The SMILES string of the molecule is CC(OC(=O)CNC(=O)NC(C)C(C)(C)C)c1ccccc1. The van der Waals surface area contributed by atoms with Gasteiger partial charge in [-0.1, -0.05) is 51.1 Å². The van der Waals surface area contributed by atoms with Gasteiger partial charge in [-0.25, -0.2) is 4.79 Å². The lowest BCUT2D eigenvalue weighted by Crippen LogP contribution is -2.47. The standard InChI is InChI=1S/C17H26N2O3/c1-12(14-9-7-6-8-10-14)22-15(20)11-18-16(21)19-13(2)17(3,4)5/h6-10,12-13H,11H2,1-5H3,(H2,18,19,21). The molecule has 0 radical (unpaired) electrons. The zero-order valence-corrected chi connectivity index (χ0v) is 14.0. The lowest BCUT2D eigenvalue weighted by atomic mass is 9.88. The predicted octanol–water partition coefficient (Wildman–Crippen LogP) is 3.02. The van der Waals surface area contributed by atoms with Gasteiger partial charge in [0.2, 0.25) is 0 Å². The van der Waals surface area contributed by atoms with E-state index in [1.165, 1.54) is 0 Å². The maximum atomic E-state index is 11.7. The van der Waals surface area contributed by atoms with Gasteiger partial charge in [0.15, 0.2) is 0 Å². The second-order valence-electron chi connectivity index (χ2n) is 6.46. The number of ether oxygens (including phenoxy) is 1. The number of urea groups is 1. The first-order valence-electron chi connectivity index (χ1n) is 7.49. The van der Waals surface area contributed by atoms with Crippen molar-refractivity contribution in [1.29, 1.82) is 0 Å². The number of hydrogen-bond acceptors (Lipinski definition) is 3. The first-order valence-corrected chi connectivity index (χ1v) is 7.49. The minimum absolute atomic E-state index is 0.00763. The summed E-state index contributed by atoms with van der Waals surface area (Å²) in [6, 6.07) is 9.09. The summed E-state index contributed by atoms with van der Waals surface area (Å²) in [6.07, 6.45) is -0.341. The van der Waals surface area contributed by atoms with Crippen LogP contribution in [0.3, 0.4) is 0 Å². The highest BCUT2D eigenvalue weighted by Gasteiger charge is 2.22. The summed E-state index contributed by atoms with van der Waals surface area (Å²) in [5.74, 6) is -0.463. The Kier molecular flexibility index (Phi) is 6.40. The minimum atomic E-state index is -0.463. The molecule has 1 aromatic carbocycles. The molecule has 0 fully saturated rings. The van der Waals surface area contributed by atoms with Crippen LogP contribution in [0.1, 0.15) is 46.3 Å². The van der Waals surface area contributed by atoms with Crippen LogP contribution >= 0.6 is 0 Å². The molecule has 0 aromatic heterocycles. The van der Waals surface area contributed by atoms with Crippen LogP contribution in [0.2, 0.25) is 0 Å². The topological polar surface area (TPSA) is 67.4 Å². The smallest absolute Gasteiger partial charge is 0.326 e. The molecule has 0 saturated carbocycles. The number of carbonyl (C=O) groups is 2. The molecule has 1 aromatic rings. The first-order chi connectivity index (χ1) is 10.2. The average molecular weight is 306 g/mol. The molecule has 22 heavy (non-hydrogen) atoms. The van der Waals surface area contributed by atoms with E-state index in [0.717, 1.165) is 5.56 Å². The Balaban J connectivity index is 2.36. The molecule has 5 heteroatoms. The molecule has 2 unspecified atom stereocenters. The fraction of sp³-hybridized carbons (Fsp3) is 0.529. The molecule has 0 heterocycles. The molecule has 2 atom stereocenters. The van der Waals surface area contributed by atoms with Gasteiger partial charge in [-0.3, -0.25) is 4.79 Å². The molecule has 1 rings (SSSR count). The fourth-order valence-corrected chi connectivity index (χ4v) is 1.65. The maximum absolute atomic E-state index is 11.7. The lowest BCUT2D eigenvalue weighted by molar-refractivity contribution is -0.147. The van der Waals surface area contributed by atoms with E-state index in [2.05, 4.69) is 10.6 Å². The van der Waals surface area contributed by atoms with Gasteiger partial charge in [0.05, 0.1) is 0 Å². The predicted molar refractivity (Wildman–Crippen MR) is 86.4 cm³/mol. The molecule has 0 spiro atoms. The first kappa shape index (κ1) is 18.0. The van der Waals surface area contributed by atoms with Crippen molar-refractivity contribution < 1.29 is 14.3 Å². The monoisotopic (exact) mass is 306 g/mol. The summed E-state index contributed by atoms with van der Waals surface area (Å²) in [7, 11) is 0. The van der Waals surface area contributed by atoms with Gasteiger partial charge < -0.3 is 15.4 Å². The number of benzene rings is 1. The van der Waals surface area contributed by atoms with Gasteiger partial charge in [-0.05, 0) is 24.8 Å². The molecule has 0 bridgehead atoms. The second kappa shape index (κ2) is 7.82. The van der Waals surface area contributed by atoms with Crippen molar-refractivity contribution in [3.05, 3.63) is 35.9 Å². The highest BCUT2D eigenvalue weighted by atomic mass is 16.5. The summed E-state index contributed by atoms with van der Waals surface area (Å²) in [6.45, 7) is 9.68. The van der Waals surface area contributed by atoms with Gasteiger partial charge in [0.25, 0.3) is 0 Å². The third kappa shape index (κ3) is 6.16. The number of hydrogen-bond donors (Lipinski definition) is 2. The Bertz CT molecular complexity index is 494. The molecule has 0 aliphatic rings. The van der Waals surface area contributed by atoms with Crippen LogP contribution < -0.4 is 10.6 Å². The van der Waals surface area contributed by atoms with E-state index in [1.54, 1.807) is 6.92 Å². The summed E-state index contributed by atoms with van der Waals surface area (Å²) in [5.41, 5.74) is 0.876. The molecule has 2 amide bonds. The van der Waals surface area contributed by atoms with E-state index >= 15 is 0 Å². The highest BCUT2D eigenvalue weighted by molar-refractivity contribution is 5.81. The van der Waals surface area contributed by atoms with Crippen molar-refractivity contribution in [3.63, 3.8) is 0 Å². The van der Waals surface area contributed by atoms with Gasteiger partial charge >= 0.3 is 12.0 Å². The second-order valence-corrected chi connectivity index (χ2v) is 6.46. The van der Waals surface area contributed by atoms with Crippen molar-refractivity contribution in [1.82, 2.24) is 10.6 Å². The molecule has 2 N–H and O–H groups in total. The molecule has 0 aliphatic carbocycles. The largest absolute Gasteiger partial charge is 0.456 e. The quantitative estimate of drug-likeness (QED) is 0.822. The Morgan fingerprint density at radius 2 is 1.73 bits per heavy atom. The van der Waals surface area contributed by atoms with Crippen LogP contribution in [-0.2, 0) is 9.53 Å². The Morgan fingerprint density at radius 1 is 1.14 bits per heavy atom. The number of amides is 2. The Labute approximate surface area is 132 Å². The molecule has 0 aliphatic heterocycles. The summed E-state index contributed by atoms with van der Waals surface area (Å²) < 4.78 is 5.28. The molecule has 122 valence electrons. The summed E-state index contributed by atoms with van der Waals surface area (Å²) >= 11 is 0. The van der Waals surface area contributed by atoms with E-state index in [-0.39, 0.29) is 30.1 Å². The van der Waals surface area contributed by atoms with E-state index in [0.29, 0.717) is 0 Å². The minimum Gasteiger partial charge on any atom is -0.456 e.